The number of hydrogen-bond donors (Lipinski definition) is 0. The highest BCUT2D eigenvalue weighted by atomic mass is 14.3. The lowest BCUT2D eigenvalue weighted by Gasteiger charge is -2.29. The molecule has 0 fully saturated rings. The van der Waals surface area contributed by atoms with Crippen molar-refractivity contribution in [2.24, 2.45) is 5.41 Å². The van der Waals surface area contributed by atoms with Crippen LogP contribution in [0.15, 0.2) is 59.3 Å². The number of allylic oxidation sites excluding steroid dienone is 9. The molecule has 0 radical (unpaired) electrons. The van der Waals surface area contributed by atoms with Gasteiger partial charge in [0.1, 0.15) is 0 Å². The van der Waals surface area contributed by atoms with Crippen molar-refractivity contribution in [2.75, 3.05) is 0 Å². The van der Waals surface area contributed by atoms with Gasteiger partial charge in [-0.05, 0) is 45.3 Å². The second-order valence-electron chi connectivity index (χ2n) is 5.75. The first-order valence-electron chi connectivity index (χ1n) is 7.12. The highest BCUT2D eigenvalue weighted by Gasteiger charge is 2.24. The summed E-state index contributed by atoms with van der Waals surface area (Å²) < 4.78 is 0. The topological polar surface area (TPSA) is 0 Å². The van der Waals surface area contributed by atoms with E-state index in [1.165, 1.54) is 22.3 Å². The van der Waals surface area contributed by atoms with Crippen molar-refractivity contribution in [3.05, 3.63) is 59.3 Å². The normalized spacial score (nSPS) is 14.4. The van der Waals surface area contributed by atoms with Gasteiger partial charge in [-0.2, -0.15) is 0 Å². The lowest BCUT2D eigenvalue weighted by atomic mass is 9.75. The monoisotopic (exact) mass is 258 g/mol. The van der Waals surface area contributed by atoms with Crippen LogP contribution >= 0.6 is 0 Å². The summed E-state index contributed by atoms with van der Waals surface area (Å²) in [5.74, 6) is 0. The van der Waals surface area contributed by atoms with E-state index in [0.29, 0.717) is 0 Å². The average Bonchev–Trinajstić information content (AvgIpc) is 2.32. The Morgan fingerprint density at radius 3 is 2.00 bits per heavy atom. The van der Waals surface area contributed by atoms with Crippen LogP contribution in [-0.4, -0.2) is 0 Å². The summed E-state index contributed by atoms with van der Waals surface area (Å²) in [5.41, 5.74) is 5.21. The summed E-state index contributed by atoms with van der Waals surface area (Å²) in [6, 6.07) is 0. The molecule has 0 atom stereocenters. The van der Waals surface area contributed by atoms with E-state index < -0.39 is 0 Å². The molecule has 19 heavy (non-hydrogen) atoms. The van der Waals surface area contributed by atoms with Gasteiger partial charge in [0, 0.05) is 5.41 Å². The molecule has 0 bridgehead atoms. The van der Waals surface area contributed by atoms with Crippen molar-refractivity contribution < 1.29 is 0 Å². The molecule has 0 aliphatic carbocycles. The third-order valence-electron chi connectivity index (χ3n) is 3.33. The van der Waals surface area contributed by atoms with Crippen LogP contribution in [0.25, 0.3) is 0 Å². The highest BCUT2D eigenvalue weighted by Crippen LogP contribution is 2.37. The first-order chi connectivity index (χ1) is 8.79. The minimum absolute atomic E-state index is 0.0173. The van der Waals surface area contributed by atoms with Crippen LogP contribution in [0.3, 0.4) is 0 Å². The van der Waals surface area contributed by atoms with E-state index in [1.807, 2.05) is 6.08 Å². The van der Waals surface area contributed by atoms with Crippen molar-refractivity contribution >= 4 is 0 Å². The summed E-state index contributed by atoms with van der Waals surface area (Å²) in [7, 11) is 0. The van der Waals surface area contributed by atoms with Crippen LogP contribution in [0.4, 0.5) is 0 Å². The molecule has 0 aromatic rings. The Morgan fingerprint density at radius 2 is 1.63 bits per heavy atom. The molecule has 0 saturated carbocycles. The average molecular weight is 258 g/mol. The summed E-state index contributed by atoms with van der Waals surface area (Å²) in [6.45, 7) is 19.2. The van der Waals surface area contributed by atoms with E-state index in [1.54, 1.807) is 0 Å². The smallest absolute Gasteiger partial charge is 0.0143 e. The Labute approximate surface area is 120 Å². The van der Waals surface area contributed by atoms with Gasteiger partial charge < -0.3 is 0 Å². The maximum absolute atomic E-state index is 3.99. The van der Waals surface area contributed by atoms with Gasteiger partial charge in [-0.1, -0.05) is 68.9 Å². The van der Waals surface area contributed by atoms with Gasteiger partial charge >= 0.3 is 0 Å². The summed E-state index contributed by atoms with van der Waals surface area (Å²) in [4.78, 5) is 0. The molecule has 0 rings (SSSR count). The quantitative estimate of drug-likeness (QED) is 0.484. The first-order valence-corrected chi connectivity index (χ1v) is 7.12. The minimum Gasteiger partial charge on any atom is -0.0988 e. The molecular weight excluding hydrogens is 228 g/mol. The largest absolute Gasteiger partial charge is 0.0988 e. The third kappa shape index (κ3) is 5.46. The van der Waals surface area contributed by atoms with Gasteiger partial charge in [-0.3, -0.25) is 0 Å². The van der Waals surface area contributed by atoms with E-state index in [2.05, 4.69) is 79.3 Å². The summed E-state index contributed by atoms with van der Waals surface area (Å²) in [5, 5.41) is 0. The van der Waals surface area contributed by atoms with E-state index in [0.717, 1.165) is 6.42 Å². The predicted molar refractivity (Wildman–Crippen MR) is 89.3 cm³/mol. The van der Waals surface area contributed by atoms with E-state index >= 15 is 0 Å². The molecule has 0 nitrogen and oxygen atoms in total. The second kappa shape index (κ2) is 7.99. The maximum Gasteiger partial charge on any atom is 0.0143 e. The SMILES string of the molecule is C=C/C(=C\C(C)=C/CC)C(C)(C)/C(C=C(C)C)=C/C. The molecule has 0 aliphatic rings. The van der Waals surface area contributed by atoms with Gasteiger partial charge in [-0.15, -0.1) is 0 Å². The van der Waals surface area contributed by atoms with Crippen LogP contribution in [-0.2, 0) is 0 Å². The van der Waals surface area contributed by atoms with Gasteiger partial charge in [0.15, 0.2) is 0 Å². The zero-order valence-corrected chi connectivity index (χ0v) is 13.8. The fourth-order valence-corrected chi connectivity index (χ4v) is 2.22. The zero-order chi connectivity index (χ0) is 15.1. The highest BCUT2D eigenvalue weighted by molar-refractivity contribution is 5.43. The van der Waals surface area contributed by atoms with Crippen molar-refractivity contribution in [3.63, 3.8) is 0 Å². The maximum atomic E-state index is 3.99. The molecule has 0 spiro atoms. The third-order valence-corrected chi connectivity index (χ3v) is 3.33. The summed E-state index contributed by atoms with van der Waals surface area (Å²) >= 11 is 0. The lowest BCUT2D eigenvalue weighted by Crippen LogP contribution is -2.16. The first kappa shape index (κ1) is 17.7. The Kier molecular flexibility index (Phi) is 7.44. The van der Waals surface area contributed by atoms with Crippen LogP contribution in [0, 0.1) is 5.41 Å². The Balaban J connectivity index is 5.64. The molecule has 106 valence electrons. The molecule has 0 heterocycles. The van der Waals surface area contributed by atoms with Crippen molar-refractivity contribution in [2.45, 2.75) is 54.9 Å². The van der Waals surface area contributed by atoms with Crippen molar-refractivity contribution in [1.82, 2.24) is 0 Å². The van der Waals surface area contributed by atoms with Gasteiger partial charge in [-0.25, -0.2) is 0 Å². The lowest BCUT2D eigenvalue weighted by molar-refractivity contribution is 0.564. The van der Waals surface area contributed by atoms with Crippen molar-refractivity contribution in [1.29, 1.82) is 0 Å². The minimum atomic E-state index is -0.0173. The molecule has 0 aromatic carbocycles. The van der Waals surface area contributed by atoms with E-state index in [4.69, 9.17) is 0 Å². The predicted octanol–water partition coefficient (Wildman–Crippen LogP) is 6.39. The Bertz CT molecular complexity index is 419. The second-order valence-corrected chi connectivity index (χ2v) is 5.75. The van der Waals surface area contributed by atoms with E-state index in [-0.39, 0.29) is 5.41 Å². The van der Waals surface area contributed by atoms with Crippen LogP contribution < -0.4 is 0 Å². The molecule has 0 amide bonds. The molecule has 0 aliphatic heterocycles. The van der Waals surface area contributed by atoms with Crippen molar-refractivity contribution in [3.8, 4) is 0 Å². The van der Waals surface area contributed by atoms with E-state index in [9.17, 15) is 0 Å². The zero-order valence-electron chi connectivity index (χ0n) is 13.8. The molecule has 0 saturated heterocycles. The molecule has 0 unspecified atom stereocenters. The van der Waals surface area contributed by atoms with Gasteiger partial charge in [0.05, 0.1) is 0 Å². The molecule has 0 aromatic heterocycles. The standard InChI is InChI=1S/C19H30/c1-9-12-16(6)14-18(11-3)19(7,8)17(10-2)13-15(4)5/h10-14H,3,9H2,1-2,4-8H3/b16-12-,17-10+,18-14+. The summed E-state index contributed by atoms with van der Waals surface area (Å²) in [6.07, 6.45) is 12.0. The fraction of sp³-hybridized carbons (Fsp3) is 0.474. The molecule has 0 N–H and O–H groups in total. The van der Waals surface area contributed by atoms with Gasteiger partial charge in [0.2, 0.25) is 0 Å². The number of rotatable bonds is 6. The number of hydrogen-bond acceptors (Lipinski definition) is 0. The fourth-order valence-electron chi connectivity index (χ4n) is 2.22. The van der Waals surface area contributed by atoms with Crippen LogP contribution in [0.5, 0.6) is 0 Å². The Morgan fingerprint density at radius 1 is 1.05 bits per heavy atom. The molecule has 0 heteroatoms. The van der Waals surface area contributed by atoms with Gasteiger partial charge in [0.25, 0.3) is 0 Å². The van der Waals surface area contributed by atoms with Crippen LogP contribution in [0.1, 0.15) is 54.9 Å². The Hall–Kier alpha value is -1.30. The van der Waals surface area contributed by atoms with Crippen LogP contribution in [0.2, 0.25) is 0 Å². The molecular formula is C19H30.